The van der Waals surface area contributed by atoms with Gasteiger partial charge in [-0.3, -0.25) is 15.0 Å². The van der Waals surface area contributed by atoms with Gasteiger partial charge in [0, 0.05) is 0 Å². The highest BCUT2D eigenvalue weighted by Gasteiger charge is 2.36. The van der Waals surface area contributed by atoms with Gasteiger partial charge in [0.25, 0.3) is 11.8 Å². The zero-order valence-corrected chi connectivity index (χ0v) is 12.6. The monoisotopic (exact) mass is 329 g/mol. The molecule has 0 aliphatic carbocycles. The van der Waals surface area contributed by atoms with Crippen LogP contribution in [0, 0.1) is 0 Å². The van der Waals surface area contributed by atoms with Crippen molar-refractivity contribution in [3.8, 4) is 0 Å². The summed E-state index contributed by atoms with van der Waals surface area (Å²) in [4.78, 5) is 28.9. The van der Waals surface area contributed by atoms with Crippen LogP contribution in [0.1, 0.15) is 20.7 Å². The molecule has 0 atom stereocenters. The highest BCUT2D eigenvalue weighted by atomic mass is 35.5. The molecule has 0 radical (unpaired) electrons. The van der Waals surface area contributed by atoms with Gasteiger partial charge in [-0.2, -0.15) is 5.01 Å². The number of hydrogen-bond donors (Lipinski definition) is 1. The predicted molar refractivity (Wildman–Crippen MR) is 85.2 cm³/mol. The number of rotatable bonds is 2. The molecule has 0 bridgehead atoms. The van der Waals surface area contributed by atoms with Crippen molar-refractivity contribution >= 4 is 50.1 Å². The van der Waals surface area contributed by atoms with Crippen molar-refractivity contribution < 1.29 is 9.59 Å². The lowest BCUT2D eigenvalue weighted by molar-refractivity contribution is 0.0691. The van der Waals surface area contributed by atoms with E-state index in [-0.39, 0.29) is 11.8 Å². The maximum absolute atomic E-state index is 12.3. The van der Waals surface area contributed by atoms with Crippen LogP contribution in [0.15, 0.2) is 42.5 Å². The van der Waals surface area contributed by atoms with E-state index in [1.54, 1.807) is 30.3 Å². The second-order valence-electron chi connectivity index (χ2n) is 4.71. The van der Waals surface area contributed by atoms with Crippen LogP contribution in [0.2, 0.25) is 5.02 Å². The standard InChI is InChI=1S/C15H8ClN3O2S/c16-10-6-3-7-11-12(10)17-15(22-11)18-19-13(20)8-4-1-2-5-9(8)14(19)21/h1-7H,(H,17,18). The van der Waals surface area contributed by atoms with Crippen LogP contribution in [0.5, 0.6) is 0 Å². The van der Waals surface area contributed by atoms with Crippen LogP contribution < -0.4 is 5.43 Å². The average Bonchev–Trinajstić information content (AvgIpc) is 3.04. The van der Waals surface area contributed by atoms with Gasteiger partial charge >= 0.3 is 0 Å². The highest BCUT2D eigenvalue weighted by Crippen LogP contribution is 2.32. The first-order valence-corrected chi connectivity index (χ1v) is 7.64. The molecule has 0 saturated heterocycles. The molecule has 4 rings (SSSR count). The summed E-state index contributed by atoms with van der Waals surface area (Å²) in [5.74, 6) is -0.767. The van der Waals surface area contributed by atoms with Gasteiger partial charge in [-0.15, -0.1) is 0 Å². The van der Waals surface area contributed by atoms with E-state index in [2.05, 4.69) is 10.4 Å². The lowest BCUT2D eigenvalue weighted by atomic mass is 10.1. The molecule has 2 aromatic carbocycles. The Morgan fingerprint density at radius 3 is 2.32 bits per heavy atom. The lowest BCUT2D eigenvalue weighted by Crippen LogP contribution is -2.35. The predicted octanol–water partition coefficient (Wildman–Crippen LogP) is 3.57. The van der Waals surface area contributed by atoms with Gasteiger partial charge in [-0.25, -0.2) is 4.98 Å². The number of anilines is 1. The zero-order chi connectivity index (χ0) is 15.3. The highest BCUT2D eigenvalue weighted by molar-refractivity contribution is 7.22. The molecule has 2 amide bonds. The van der Waals surface area contributed by atoms with Gasteiger partial charge in [0.2, 0.25) is 5.13 Å². The van der Waals surface area contributed by atoms with Gasteiger partial charge in [-0.05, 0) is 24.3 Å². The van der Waals surface area contributed by atoms with Gasteiger partial charge in [0.05, 0.1) is 20.8 Å². The molecule has 22 heavy (non-hydrogen) atoms. The number of para-hydroxylation sites is 1. The molecule has 0 saturated carbocycles. The minimum absolute atomic E-state index is 0.383. The number of aromatic nitrogens is 1. The Balaban J connectivity index is 1.70. The summed E-state index contributed by atoms with van der Waals surface area (Å²) in [6.45, 7) is 0. The van der Waals surface area contributed by atoms with E-state index in [1.807, 2.05) is 12.1 Å². The molecule has 108 valence electrons. The molecule has 0 unspecified atom stereocenters. The number of carbonyl (C=O) groups excluding carboxylic acids is 2. The molecule has 1 aliphatic rings. The number of fused-ring (bicyclic) bond motifs is 2. The number of imide groups is 1. The van der Waals surface area contributed by atoms with E-state index >= 15 is 0 Å². The summed E-state index contributed by atoms with van der Waals surface area (Å²) < 4.78 is 0.881. The summed E-state index contributed by atoms with van der Waals surface area (Å²) in [5.41, 5.74) is 4.21. The van der Waals surface area contributed by atoms with Crippen molar-refractivity contribution in [2.24, 2.45) is 0 Å². The van der Waals surface area contributed by atoms with Crippen molar-refractivity contribution in [2.45, 2.75) is 0 Å². The van der Waals surface area contributed by atoms with E-state index in [4.69, 9.17) is 11.6 Å². The Labute approximate surface area is 134 Å². The first kappa shape index (κ1) is 13.2. The Morgan fingerprint density at radius 1 is 1.00 bits per heavy atom. The minimum Gasteiger partial charge on any atom is -0.267 e. The van der Waals surface area contributed by atoms with Crippen molar-refractivity contribution in [1.82, 2.24) is 9.99 Å². The van der Waals surface area contributed by atoms with Gasteiger partial charge in [0.1, 0.15) is 5.52 Å². The fourth-order valence-corrected chi connectivity index (χ4v) is 3.50. The first-order chi connectivity index (χ1) is 10.6. The van der Waals surface area contributed by atoms with Crippen LogP contribution in [0.3, 0.4) is 0 Å². The minimum atomic E-state index is -0.383. The van der Waals surface area contributed by atoms with Gasteiger partial charge in [-0.1, -0.05) is 41.1 Å². The van der Waals surface area contributed by atoms with Crippen LogP contribution in [-0.4, -0.2) is 21.8 Å². The van der Waals surface area contributed by atoms with E-state index in [1.165, 1.54) is 11.3 Å². The Bertz CT molecular complexity index is 902. The molecule has 5 nitrogen and oxygen atoms in total. The fourth-order valence-electron chi connectivity index (χ4n) is 2.35. The van der Waals surface area contributed by atoms with Crippen molar-refractivity contribution in [1.29, 1.82) is 0 Å². The second-order valence-corrected chi connectivity index (χ2v) is 6.15. The van der Waals surface area contributed by atoms with Crippen molar-refractivity contribution in [3.63, 3.8) is 0 Å². The number of thiazole rings is 1. The summed E-state index contributed by atoms with van der Waals surface area (Å²) in [6, 6.07) is 12.2. The number of carbonyl (C=O) groups is 2. The molecular weight excluding hydrogens is 322 g/mol. The molecule has 3 aromatic rings. The topological polar surface area (TPSA) is 62.3 Å². The lowest BCUT2D eigenvalue weighted by Gasteiger charge is -2.13. The Morgan fingerprint density at radius 2 is 1.68 bits per heavy atom. The summed E-state index contributed by atoms with van der Waals surface area (Å²) in [7, 11) is 0. The van der Waals surface area contributed by atoms with E-state index in [0.29, 0.717) is 26.8 Å². The number of hydrogen-bond acceptors (Lipinski definition) is 5. The third kappa shape index (κ3) is 1.88. The fraction of sp³-hybridized carbons (Fsp3) is 0. The Hall–Kier alpha value is -2.44. The number of benzene rings is 2. The second kappa shape index (κ2) is 4.79. The maximum Gasteiger partial charge on any atom is 0.280 e. The number of halogens is 1. The van der Waals surface area contributed by atoms with Crippen LogP contribution in [0.4, 0.5) is 5.13 Å². The van der Waals surface area contributed by atoms with Crippen LogP contribution in [0.25, 0.3) is 10.2 Å². The molecule has 7 heteroatoms. The number of amides is 2. The smallest absolute Gasteiger partial charge is 0.267 e. The normalized spacial score (nSPS) is 13.8. The summed E-state index contributed by atoms with van der Waals surface area (Å²) >= 11 is 7.41. The average molecular weight is 330 g/mol. The molecule has 1 aliphatic heterocycles. The van der Waals surface area contributed by atoms with Gasteiger partial charge in [0.15, 0.2) is 0 Å². The molecule has 1 aromatic heterocycles. The SMILES string of the molecule is O=C1c2ccccc2C(=O)N1Nc1nc2c(Cl)cccc2s1. The summed E-state index contributed by atoms with van der Waals surface area (Å²) in [5, 5.41) is 1.96. The molecule has 0 fully saturated rings. The van der Waals surface area contributed by atoms with E-state index in [9.17, 15) is 9.59 Å². The summed E-state index contributed by atoms with van der Waals surface area (Å²) in [6.07, 6.45) is 0. The number of hydrazine groups is 1. The van der Waals surface area contributed by atoms with E-state index < -0.39 is 0 Å². The molecular formula is C15H8ClN3O2S. The van der Waals surface area contributed by atoms with E-state index in [0.717, 1.165) is 9.71 Å². The number of nitrogens with one attached hydrogen (secondary N) is 1. The number of nitrogens with zero attached hydrogens (tertiary/aromatic N) is 2. The Kier molecular flexibility index (Phi) is 2.88. The quantitative estimate of drug-likeness (QED) is 0.730. The molecule has 1 N–H and O–H groups in total. The first-order valence-electron chi connectivity index (χ1n) is 6.44. The zero-order valence-electron chi connectivity index (χ0n) is 11.0. The molecule has 0 spiro atoms. The largest absolute Gasteiger partial charge is 0.280 e. The third-order valence-corrected chi connectivity index (χ3v) is 4.60. The molecule has 2 heterocycles. The van der Waals surface area contributed by atoms with Crippen LogP contribution >= 0.6 is 22.9 Å². The maximum atomic E-state index is 12.3. The van der Waals surface area contributed by atoms with Crippen molar-refractivity contribution in [3.05, 3.63) is 58.6 Å². The van der Waals surface area contributed by atoms with Gasteiger partial charge < -0.3 is 0 Å². The van der Waals surface area contributed by atoms with Crippen molar-refractivity contribution in [2.75, 3.05) is 5.43 Å². The van der Waals surface area contributed by atoms with Crippen LogP contribution in [-0.2, 0) is 0 Å². The third-order valence-electron chi connectivity index (χ3n) is 3.37.